The first-order valence-electron chi connectivity index (χ1n) is 16.2. The summed E-state index contributed by atoms with van der Waals surface area (Å²) in [5, 5.41) is 9.92. The van der Waals surface area contributed by atoms with Crippen molar-refractivity contribution in [3.05, 3.63) is 83.1 Å². The van der Waals surface area contributed by atoms with Crippen LogP contribution in [0.5, 0.6) is 0 Å². The summed E-state index contributed by atoms with van der Waals surface area (Å²) in [6.07, 6.45) is 10.4. The molecule has 49 heavy (non-hydrogen) atoms. The summed E-state index contributed by atoms with van der Waals surface area (Å²) in [5.74, 6) is -0.511. The van der Waals surface area contributed by atoms with Crippen molar-refractivity contribution >= 4 is 38.0 Å². The normalized spacial score (nSPS) is 18.1. The number of nitrogens with zero attached hydrogens (tertiary/aromatic N) is 2. The predicted octanol–water partition coefficient (Wildman–Crippen LogP) is 5.06. The van der Waals surface area contributed by atoms with E-state index in [2.05, 4.69) is 4.90 Å². The van der Waals surface area contributed by atoms with Gasteiger partial charge >= 0.3 is 5.97 Å². The number of aliphatic carboxylic acids is 1. The molecule has 4 rings (SSSR count). The Morgan fingerprint density at radius 2 is 1.82 bits per heavy atom. The van der Waals surface area contributed by atoms with Crippen LogP contribution in [-0.2, 0) is 35.2 Å². The van der Waals surface area contributed by atoms with E-state index in [0.717, 1.165) is 33.4 Å². The van der Waals surface area contributed by atoms with Gasteiger partial charge in [0.1, 0.15) is 18.8 Å². The smallest absolute Gasteiger partial charge is 0.303 e. The van der Waals surface area contributed by atoms with Gasteiger partial charge in [0.15, 0.2) is 0 Å². The Balaban J connectivity index is 1.72. The second-order valence-corrected chi connectivity index (χ2v) is 15.3. The molecule has 0 saturated carbocycles. The number of unbranched alkanes of at least 4 members (excludes halogenated alkanes) is 2. The van der Waals surface area contributed by atoms with E-state index in [-0.39, 0.29) is 23.5 Å². The van der Waals surface area contributed by atoms with Crippen molar-refractivity contribution in [3.8, 4) is 11.3 Å². The molecule has 1 aliphatic carbocycles. The van der Waals surface area contributed by atoms with Gasteiger partial charge in [0, 0.05) is 61.5 Å². The van der Waals surface area contributed by atoms with Gasteiger partial charge in [-0.15, -0.1) is 0 Å². The van der Waals surface area contributed by atoms with Gasteiger partial charge in [-0.3, -0.25) is 13.9 Å². The molecule has 266 valence electrons. The zero-order valence-corrected chi connectivity index (χ0v) is 29.7. The van der Waals surface area contributed by atoms with Gasteiger partial charge in [-0.25, -0.2) is 4.58 Å². The van der Waals surface area contributed by atoms with Crippen molar-refractivity contribution in [2.45, 2.75) is 62.7 Å². The molecule has 2 aliphatic heterocycles. The van der Waals surface area contributed by atoms with E-state index in [9.17, 15) is 26.2 Å². The molecule has 1 aromatic carbocycles. The van der Waals surface area contributed by atoms with Crippen LogP contribution in [0.2, 0.25) is 0 Å². The summed E-state index contributed by atoms with van der Waals surface area (Å²) in [4.78, 5) is 13.0. The first-order valence-corrected chi connectivity index (χ1v) is 19.3. The molecule has 2 heterocycles. The summed E-state index contributed by atoms with van der Waals surface area (Å²) >= 11 is 0. The fourth-order valence-corrected chi connectivity index (χ4v) is 7.34. The number of carboxylic acid groups (broad SMARTS) is 1. The van der Waals surface area contributed by atoms with Crippen LogP contribution in [0.1, 0.15) is 63.5 Å². The Morgan fingerprint density at radius 1 is 1.04 bits per heavy atom. The molecule has 14 heteroatoms. The van der Waals surface area contributed by atoms with Crippen molar-refractivity contribution in [3.63, 3.8) is 0 Å². The quantitative estimate of drug-likeness (QED) is 0.0968. The number of benzene rings is 2. The van der Waals surface area contributed by atoms with Crippen molar-refractivity contribution < 1.29 is 45.0 Å². The number of anilines is 1. The molecule has 0 amide bonds. The number of carboxylic acids is 1. The first kappa shape index (κ1) is 38.0. The van der Waals surface area contributed by atoms with Crippen molar-refractivity contribution in [1.82, 2.24) is 4.58 Å². The summed E-state index contributed by atoms with van der Waals surface area (Å²) < 4.78 is 78.8. The molecule has 0 aromatic heterocycles. The fraction of sp³-hybridized carbons (Fsp3) is 0.429. The van der Waals surface area contributed by atoms with Gasteiger partial charge in [0.25, 0.3) is 20.2 Å². The molecule has 3 N–H and O–H groups in total. The molecule has 0 radical (unpaired) electrons. The highest BCUT2D eigenvalue weighted by molar-refractivity contribution is 7.86. The van der Waals surface area contributed by atoms with Crippen LogP contribution in [0.15, 0.2) is 75.9 Å². The van der Waals surface area contributed by atoms with Crippen molar-refractivity contribution in [1.29, 1.82) is 0 Å². The van der Waals surface area contributed by atoms with Crippen LogP contribution < -0.4 is 14.8 Å². The van der Waals surface area contributed by atoms with Gasteiger partial charge in [0.05, 0.1) is 23.0 Å². The molecule has 3 aliphatic rings. The summed E-state index contributed by atoms with van der Waals surface area (Å²) in [6, 6.07) is 12.3. The molecule has 0 bridgehead atoms. The summed E-state index contributed by atoms with van der Waals surface area (Å²) in [7, 11) is -6.87. The molecule has 0 saturated heterocycles. The highest BCUT2D eigenvalue weighted by atomic mass is 32.2. The Labute approximate surface area is 287 Å². The fourth-order valence-electron chi connectivity index (χ4n) is 6.34. The Morgan fingerprint density at radius 3 is 2.49 bits per heavy atom. The van der Waals surface area contributed by atoms with Gasteiger partial charge in [-0.1, -0.05) is 18.6 Å². The van der Waals surface area contributed by atoms with Gasteiger partial charge in [-0.2, -0.15) is 16.8 Å². The van der Waals surface area contributed by atoms with Crippen molar-refractivity contribution in [2.24, 2.45) is 0 Å². The van der Waals surface area contributed by atoms with Crippen LogP contribution in [0, 0.1) is 0 Å². The first-order chi connectivity index (χ1) is 23.2. The number of hydrogen-bond acceptors (Lipinski definition) is 8. The molecule has 0 fully saturated rings. The number of methoxy groups -OCH3 is 1. The molecule has 12 nitrogen and oxygen atoms in total. The van der Waals surface area contributed by atoms with Crippen LogP contribution >= 0.6 is 0 Å². The number of rotatable bonds is 17. The number of hydrogen-bond donors (Lipinski definition) is 3. The molecular weight excluding hydrogens is 673 g/mol. The van der Waals surface area contributed by atoms with Crippen LogP contribution in [0.25, 0.3) is 17.4 Å². The molecule has 1 unspecified atom stereocenters. The zero-order valence-electron chi connectivity index (χ0n) is 28.0. The van der Waals surface area contributed by atoms with E-state index < -0.39 is 31.6 Å². The maximum atomic E-state index is 12.1. The average molecular weight is 718 g/mol. The Bertz CT molecular complexity index is 1970. The van der Waals surface area contributed by atoms with Crippen LogP contribution in [0.3, 0.4) is 0 Å². The Kier molecular flexibility index (Phi) is 12.6. The topological polar surface area (TPSA) is 175 Å². The van der Waals surface area contributed by atoms with Gasteiger partial charge in [0.2, 0.25) is 5.36 Å². The van der Waals surface area contributed by atoms with E-state index in [1.165, 1.54) is 12.1 Å². The van der Waals surface area contributed by atoms with Crippen molar-refractivity contribution in [2.75, 3.05) is 44.0 Å². The minimum atomic E-state index is -4.44. The predicted molar refractivity (Wildman–Crippen MR) is 188 cm³/mol. The van der Waals surface area contributed by atoms with Crippen LogP contribution in [0.4, 0.5) is 5.69 Å². The average Bonchev–Trinajstić information content (AvgIpc) is 3.27. The van der Waals surface area contributed by atoms with E-state index in [1.54, 1.807) is 19.4 Å². The lowest BCUT2D eigenvalue weighted by atomic mass is 9.78. The molecular formula is C35H45N2O10S2+. The minimum Gasteiger partial charge on any atom is -0.481 e. The van der Waals surface area contributed by atoms with Gasteiger partial charge < -0.3 is 19.2 Å². The Hall–Kier alpha value is -3.82. The maximum absolute atomic E-state index is 12.1. The molecule has 1 aromatic rings. The zero-order chi connectivity index (χ0) is 35.8. The second kappa shape index (κ2) is 16.3. The summed E-state index contributed by atoms with van der Waals surface area (Å²) in [5.41, 5.74) is 3.56. The van der Waals surface area contributed by atoms with E-state index in [1.807, 2.05) is 60.9 Å². The summed E-state index contributed by atoms with van der Waals surface area (Å²) in [6.45, 7) is 6.05. The number of carbonyl (C=O) groups is 1. The second-order valence-electron chi connectivity index (χ2n) is 12.3. The number of ether oxygens (including phenoxy) is 1. The van der Waals surface area contributed by atoms with E-state index in [0.29, 0.717) is 57.7 Å². The third-order valence-electron chi connectivity index (χ3n) is 8.91. The van der Waals surface area contributed by atoms with Crippen LogP contribution in [-0.4, -0.2) is 76.1 Å². The molecule has 1 atom stereocenters. The highest BCUT2D eigenvalue weighted by Gasteiger charge is 2.43. The third-order valence-corrected chi connectivity index (χ3v) is 10.6. The number of allylic oxidation sites excluding steroid dienone is 3. The monoisotopic (exact) mass is 717 g/mol. The van der Waals surface area contributed by atoms with E-state index >= 15 is 0 Å². The largest absolute Gasteiger partial charge is 0.481 e. The third kappa shape index (κ3) is 9.67. The van der Waals surface area contributed by atoms with Gasteiger partial charge in [-0.05, 0) is 80.6 Å². The molecule has 0 spiro atoms. The lowest BCUT2D eigenvalue weighted by molar-refractivity contribution is -0.137. The number of fused-ring (bicyclic) bond motifs is 2. The SMILES string of the molecule is CC[N+](CCCS(=O)(=O)O)=c1ccc2c(C=CC=C3N(CCCCCC(=O)O)c4ccc(S(=O)(=O)O)cc4C3(C)CCOC)ccoc-2c1. The lowest BCUT2D eigenvalue weighted by Crippen LogP contribution is -2.31. The van der Waals surface area contributed by atoms with E-state index in [4.69, 9.17) is 18.8 Å². The lowest BCUT2D eigenvalue weighted by Gasteiger charge is -2.30. The highest BCUT2D eigenvalue weighted by Crippen LogP contribution is 2.50. The maximum Gasteiger partial charge on any atom is 0.303 e. The standard InChI is InChI=1S/C35H44N2O10S2/c1-4-36(19-9-23-48(40,41)42)27-13-15-29-26(17-21-47-32(29)24-27)10-8-11-33-35(2,18-22-46-3)30-25-28(49(43,44)45)14-16-31(30)37(33)20-7-5-6-12-34(38)39/h8,10-11,13-17,21,24-25H,4-7,9,12,18-20,22-23H2,1-3H3,(H2-,38,39,40,41,42,43,44,45)/p+1. The minimum absolute atomic E-state index is 0.0919.